The van der Waals surface area contributed by atoms with E-state index in [1.165, 1.54) is 64.2 Å². The van der Waals surface area contributed by atoms with E-state index in [-0.39, 0.29) is 29.6 Å². The zero-order valence-electron chi connectivity index (χ0n) is 11.9. The summed E-state index contributed by atoms with van der Waals surface area (Å²) in [5, 5.41) is 0. The fourth-order valence-electron chi connectivity index (χ4n) is 2.08. The summed E-state index contributed by atoms with van der Waals surface area (Å²) in [5.41, 5.74) is 0. The Labute approximate surface area is 143 Å². The average molecular weight is 302 g/mol. The zero-order chi connectivity index (χ0) is 13.5. The summed E-state index contributed by atoms with van der Waals surface area (Å²) in [6, 6.07) is 0. The van der Waals surface area contributed by atoms with Gasteiger partial charge in [-0.25, -0.2) is 8.42 Å². The van der Waals surface area contributed by atoms with Crippen LogP contribution in [0.25, 0.3) is 0 Å². The van der Waals surface area contributed by atoms with E-state index in [1.54, 1.807) is 0 Å². The third kappa shape index (κ3) is 21.4. The van der Waals surface area contributed by atoms with Crippen LogP contribution in [0.5, 0.6) is 0 Å². The Kier molecular flexibility index (Phi) is 22.1. The van der Waals surface area contributed by atoms with Crippen molar-refractivity contribution in [3.05, 3.63) is 0 Å². The van der Waals surface area contributed by atoms with E-state index in [0.717, 1.165) is 12.8 Å². The Morgan fingerprint density at radius 3 is 1.42 bits per heavy atom. The maximum atomic E-state index is 10.1. The van der Waals surface area contributed by atoms with Crippen molar-refractivity contribution in [2.45, 2.75) is 84.0 Å². The molecule has 3 nitrogen and oxygen atoms in total. The van der Waals surface area contributed by atoms with E-state index in [0.29, 0.717) is 6.61 Å². The fraction of sp³-hybridized carbons (Fsp3) is 1.00. The normalized spacial score (nSPS) is 10.6. The molecular formula is C14H31NaO3S. The van der Waals surface area contributed by atoms with E-state index in [4.69, 9.17) is 0 Å². The molecule has 0 radical (unpaired) electrons. The van der Waals surface area contributed by atoms with Crippen molar-refractivity contribution in [3.8, 4) is 0 Å². The van der Waals surface area contributed by atoms with Crippen LogP contribution in [0.2, 0.25) is 0 Å². The van der Waals surface area contributed by atoms with Crippen molar-refractivity contribution < 1.29 is 12.6 Å². The molecule has 0 saturated carbocycles. The van der Waals surface area contributed by atoms with Crippen molar-refractivity contribution in [3.63, 3.8) is 0 Å². The van der Waals surface area contributed by atoms with Gasteiger partial charge in [-0.15, -0.1) is 0 Å². The first-order chi connectivity index (χ1) is 8.77. The second kappa shape index (κ2) is 18.9. The quantitative estimate of drug-likeness (QED) is 0.303. The van der Waals surface area contributed by atoms with Gasteiger partial charge in [0.05, 0.1) is 6.61 Å². The number of rotatable bonds is 14. The van der Waals surface area contributed by atoms with Crippen LogP contribution in [0.1, 0.15) is 84.0 Å². The number of hydrogen-bond donors (Lipinski definition) is 1. The van der Waals surface area contributed by atoms with Crippen molar-refractivity contribution in [2.24, 2.45) is 0 Å². The summed E-state index contributed by atoms with van der Waals surface area (Å²) in [6.07, 6.45) is 15.4. The van der Waals surface area contributed by atoms with Crippen LogP contribution >= 0.6 is 0 Å². The molecule has 0 saturated heterocycles. The first-order valence-electron chi connectivity index (χ1n) is 7.54. The molecule has 0 aliphatic heterocycles. The Morgan fingerprint density at radius 2 is 1.05 bits per heavy atom. The van der Waals surface area contributed by atoms with Gasteiger partial charge in [0.1, 0.15) is 0 Å². The molecule has 112 valence electrons. The molecule has 0 aliphatic rings. The van der Waals surface area contributed by atoms with Crippen LogP contribution in [0.15, 0.2) is 0 Å². The number of hydrogen-bond acceptors (Lipinski definition) is 3. The molecular weight excluding hydrogens is 271 g/mol. The van der Waals surface area contributed by atoms with Crippen molar-refractivity contribution in [1.29, 1.82) is 0 Å². The van der Waals surface area contributed by atoms with Crippen LogP contribution in [0.4, 0.5) is 0 Å². The Bertz CT molecular complexity index is 225. The summed E-state index contributed by atoms with van der Waals surface area (Å²) < 4.78 is 24.7. The average Bonchev–Trinajstić information content (AvgIpc) is 2.34. The molecule has 0 heterocycles. The minimum absolute atomic E-state index is 0. The molecule has 0 aromatic rings. The SMILES string of the molecule is CCCCCCCCCCCCCCO[SH](=O)=O.[NaH]. The Hall–Kier alpha value is 0.910. The zero-order valence-corrected chi connectivity index (χ0v) is 12.8. The molecule has 0 rings (SSSR count). The third-order valence-corrected chi connectivity index (χ3v) is 3.59. The molecule has 0 amide bonds. The molecule has 0 aliphatic carbocycles. The van der Waals surface area contributed by atoms with Gasteiger partial charge < -0.3 is 0 Å². The van der Waals surface area contributed by atoms with Gasteiger partial charge in [-0.05, 0) is 6.42 Å². The van der Waals surface area contributed by atoms with Gasteiger partial charge in [0.2, 0.25) is 0 Å². The second-order valence-corrected chi connectivity index (χ2v) is 5.65. The summed E-state index contributed by atoms with van der Waals surface area (Å²) in [4.78, 5) is 0. The van der Waals surface area contributed by atoms with E-state index < -0.39 is 11.0 Å². The van der Waals surface area contributed by atoms with E-state index in [2.05, 4.69) is 11.1 Å². The molecule has 0 atom stereocenters. The fourth-order valence-corrected chi connectivity index (χ4v) is 2.36. The van der Waals surface area contributed by atoms with E-state index in [9.17, 15) is 8.42 Å². The first-order valence-corrected chi connectivity index (χ1v) is 8.64. The topological polar surface area (TPSA) is 43.4 Å². The van der Waals surface area contributed by atoms with Gasteiger partial charge in [-0.2, -0.15) is 0 Å². The molecule has 19 heavy (non-hydrogen) atoms. The maximum absolute atomic E-state index is 10.1. The number of thiol groups is 1. The first kappa shape index (κ1) is 22.2. The van der Waals surface area contributed by atoms with Crippen LogP contribution in [-0.4, -0.2) is 44.6 Å². The molecule has 5 heteroatoms. The van der Waals surface area contributed by atoms with Gasteiger partial charge >= 0.3 is 29.6 Å². The molecule has 0 bridgehead atoms. The van der Waals surface area contributed by atoms with Gasteiger partial charge in [0, 0.05) is 0 Å². The van der Waals surface area contributed by atoms with Crippen LogP contribution in [0, 0.1) is 0 Å². The van der Waals surface area contributed by atoms with E-state index >= 15 is 0 Å². The van der Waals surface area contributed by atoms with Crippen molar-refractivity contribution >= 4 is 40.5 Å². The van der Waals surface area contributed by atoms with Crippen LogP contribution in [0.3, 0.4) is 0 Å². The van der Waals surface area contributed by atoms with Crippen molar-refractivity contribution in [1.82, 2.24) is 0 Å². The molecule has 0 unspecified atom stereocenters. The standard InChI is InChI=1S/C14H30O3S.Na.H/c1-2-3-4-5-6-7-8-9-10-11-12-13-14-17-18(15)16;;/h18H,2-14H2,1H3;;. The summed E-state index contributed by atoms with van der Waals surface area (Å²) in [5.74, 6) is 0. The van der Waals surface area contributed by atoms with Gasteiger partial charge in [0.15, 0.2) is 0 Å². The molecule has 0 N–H and O–H groups in total. The Balaban J connectivity index is 0. The molecule has 0 fully saturated rings. The van der Waals surface area contributed by atoms with Gasteiger partial charge in [-0.3, -0.25) is 4.18 Å². The molecule has 0 spiro atoms. The van der Waals surface area contributed by atoms with Crippen molar-refractivity contribution in [2.75, 3.05) is 6.61 Å². The summed E-state index contributed by atoms with van der Waals surface area (Å²) in [7, 11) is -2.64. The van der Waals surface area contributed by atoms with Crippen LogP contribution < -0.4 is 0 Å². The Morgan fingerprint density at radius 1 is 0.684 bits per heavy atom. The van der Waals surface area contributed by atoms with Gasteiger partial charge in [0.25, 0.3) is 11.0 Å². The molecule has 0 aromatic heterocycles. The monoisotopic (exact) mass is 302 g/mol. The molecule has 0 aromatic carbocycles. The predicted octanol–water partition coefficient (Wildman–Crippen LogP) is 3.58. The predicted molar refractivity (Wildman–Crippen MR) is 84.5 cm³/mol. The van der Waals surface area contributed by atoms with Gasteiger partial charge in [-0.1, -0.05) is 77.6 Å². The summed E-state index contributed by atoms with van der Waals surface area (Å²) >= 11 is 0. The minimum atomic E-state index is -2.64. The number of unbranched alkanes of at least 4 members (excludes halogenated alkanes) is 11. The van der Waals surface area contributed by atoms with Crippen LogP contribution in [-0.2, 0) is 15.2 Å². The third-order valence-electron chi connectivity index (χ3n) is 3.19. The summed E-state index contributed by atoms with van der Waals surface area (Å²) in [6.45, 7) is 2.61. The second-order valence-electron chi connectivity index (χ2n) is 4.95. The van der Waals surface area contributed by atoms with E-state index in [1.807, 2.05) is 0 Å².